The minimum Gasteiger partial charge on any atom is -0.465 e. The van der Waals surface area contributed by atoms with Gasteiger partial charge in [-0.05, 0) is 33.3 Å². The zero-order valence-corrected chi connectivity index (χ0v) is 14.4. The molecule has 0 atom stereocenters. The molecule has 132 valence electrons. The summed E-state index contributed by atoms with van der Waals surface area (Å²) in [5.41, 5.74) is -0.0601. The van der Waals surface area contributed by atoms with Crippen LogP contribution in [0.2, 0.25) is 0 Å². The maximum Gasteiger partial charge on any atom is 0.420 e. The van der Waals surface area contributed by atoms with E-state index in [1.165, 1.54) is 0 Å². The lowest BCUT2D eigenvalue weighted by Gasteiger charge is -2.25. The van der Waals surface area contributed by atoms with Crippen LogP contribution in [0.15, 0.2) is 30.3 Å². The third-order valence-electron chi connectivity index (χ3n) is 2.63. The van der Waals surface area contributed by atoms with Crippen molar-refractivity contribution < 1.29 is 28.6 Å². The number of benzene rings is 1. The molecule has 0 fully saturated rings. The second kappa shape index (κ2) is 8.90. The van der Waals surface area contributed by atoms with Crippen LogP contribution in [0.25, 0.3) is 0 Å². The average Bonchev–Trinajstić information content (AvgIpc) is 2.50. The number of rotatable bonds is 5. The average molecular weight is 337 g/mol. The minimum absolute atomic E-state index is 0.0260. The summed E-state index contributed by atoms with van der Waals surface area (Å²) in [4.78, 5) is 36.5. The SMILES string of the molecule is CCOC(=O)CN(C(=O)OCc1ccccc1)C(=O)OC(C)(C)C. The van der Waals surface area contributed by atoms with Gasteiger partial charge < -0.3 is 14.2 Å². The number of hydrogen-bond donors (Lipinski definition) is 0. The van der Waals surface area contributed by atoms with Crippen LogP contribution in [0.1, 0.15) is 33.3 Å². The zero-order valence-electron chi connectivity index (χ0n) is 14.4. The Bertz CT molecular complexity index is 564. The molecule has 2 amide bonds. The van der Waals surface area contributed by atoms with Crippen LogP contribution in [0.4, 0.5) is 9.59 Å². The van der Waals surface area contributed by atoms with Gasteiger partial charge in [0.05, 0.1) is 6.61 Å². The van der Waals surface area contributed by atoms with E-state index in [4.69, 9.17) is 14.2 Å². The number of amides is 2. The van der Waals surface area contributed by atoms with E-state index in [1.807, 2.05) is 6.07 Å². The van der Waals surface area contributed by atoms with Gasteiger partial charge in [0.15, 0.2) is 0 Å². The maximum absolute atomic E-state index is 12.2. The van der Waals surface area contributed by atoms with Gasteiger partial charge in [-0.1, -0.05) is 30.3 Å². The third-order valence-corrected chi connectivity index (χ3v) is 2.63. The highest BCUT2D eigenvalue weighted by Crippen LogP contribution is 2.12. The molecule has 1 rings (SSSR count). The van der Waals surface area contributed by atoms with Crippen molar-refractivity contribution in [3.8, 4) is 0 Å². The molecule has 0 aliphatic heterocycles. The molecule has 7 nitrogen and oxygen atoms in total. The van der Waals surface area contributed by atoms with E-state index >= 15 is 0 Å². The normalized spacial score (nSPS) is 10.7. The standard InChI is InChI=1S/C17H23NO6/c1-5-22-14(19)11-18(16(21)24-17(2,3)4)15(20)23-12-13-9-7-6-8-10-13/h6-10H,5,11-12H2,1-4H3. The van der Waals surface area contributed by atoms with E-state index in [9.17, 15) is 14.4 Å². The van der Waals surface area contributed by atoms with Gasteiger partial charge in [0.25, 0.3) is 0 Å². The molecule has 1 aromatic rings. The first-order chi connectivity index (χ1) is 11.2. The molecule has 0 aromatic heterocycles. The van der Waals surface area contributed by atoms with Crippen LogP contribution < -0.4 is 0 Å². The van der Waals surface area contributed by atoms with Gasteiger partial charge in [0, 0.05) is 0 Å². The van der Waals surface area contributed by atoms with Crippen molar-refractivity contribution >= 4 is 18.2 Å². The van der Waals surface area contributed by atoms with Crippen molar-refractivity contribution in [1.29, 1.82) is 0 Å². The Morgan fingerprint density at radius 1 is 1.00 bits per heavy atom. The summed E-state index contributed by atoms with van der Waals surface area (Å²) >= 11 is 0. The fraction of sp³-hybridized carbons (Fsp3) is 0.471. The summed E-state index contributed by atoms with van der Waals surface area (Å²) in [5.74, 6) is -0.722. The molecule has 0 saturated heterocycles. The lowest BCUT2D eigenvalue weighted by atomic mass is 10.2. The summed E-state index contributed by atoms with van der Waals surface area (Å²) in [6.07, 6.45) is -1.94. The van der Waals surface area contributed by atoms with Gasteiger partial charge in [0.1, 0.15) is 18.8 Å². The highest BCUT2D eigenvalue weighted by Gasteiger charge is 2.30. The van der Waals surface area contributed by atoms with E-state index in [-0.39, 0.29) is 13.2 Å². The smallest absolute Gasteiger partial charge is 0.420 e. The lowest BCUT2D eigenvalue weighted by molar-refractivity contribution is -0.144. The predicted octanol–water partition coefficient (Wildman–Crippen LogP) is 3.12. The van der Waals surface area contributed by atoms with E-state index in [1.54, 1.807) is 52.0 Å². The lowest BCUT2D eigenvalue weighted by Crippen LogP contribution is -2.44. The Kier molecular flexibility index (Phi) is 7.23. The van der Waals surface area contributed by atoms with Crippen molar-refractivity contribution in [3.05, 3.63) is 35.9 Å². The number of esters is 1. The second-order valence-corrected chi connectivity index (χ2v) is 5.91. The highest BCUT2D eigenvalue weighted by molar-refractivity contribution is 5.92. The zero-order chi connectivity index (χ0) is 18.2. The molecular weight excluding hydrogens is 314 g/mol. The summed E-state index contributed by atoms with van der Waals surface area (Å²) in [5, 5.41) is 0. The van der Waals surface area contributed by atoms with Crippen LogP contribution in [0.3, 0.4) is 0 Å². The van der Waals surface area contributed by atoms with E-state index in [0.29, 0.717) is 4.90 Å². The second-order valence-electron chi connectivity index (χ2n) is 5.91. The summed E-state index contributed by atoms with van der Waals surface area (Å²) in [7, 11) is 0. The number of imide groups is 1. The van der Waals surface area contributed by atoms with Crippen molar-refractivity contribution in [1.82, 2.24) is 4.90 Å². The van der Waals surface area contributed by atoms with E-state index in [0.717, 1.165) is 5.56 Å². The van der Waals surface area contributed by atoms with Crippen molar-refractivity contribution in [2.45, 2.75) is 39.9 Å². The monoisotopic (exact) mass is 337 g/mol. The van der Waals surface area contributed by atoms with Crippen LogP contribution in [0, 0.1) is 0 Å². The van der Waals surface area contributed by atoms with Gasteiger partial charge in [-0.25, -0.2) is 14.5 Å². The Morgan fingerprint density at radius 2 is 1.62 bits per heavy atom. The first-order valence-electron chi connectivity index (χ1n) is 7.59. The molecule has 7 heteroatoms. The molecule has 24 heavy (non-hydrogen) atoms. The number of nitrogens with zero attached hydrogens (tertiary/aromatic N) is 1. The summed E-state index contributed by atoms with van der Waals surface area (Å²) in [6.45, 7) is 6.13. The molecule has 0 radical (unpaired) electrons. The highest BCUT2D eigenvalue weighted by atomic mass is 16.6. The molecule has 1 aromatic carbocycles. The Balaban J connectivity index is 2.76. The minimum atomic E-state index is -0.971. The van der Waals surface area contributed by atoms with Crippen LogP contribution in [-0.4, -0.2) is 41.8 Å². The van der Waals surface area contributed by atoms with E-state index < -0.39 is 30.3 Å². The van der Waals surface area contributed by atoms with Crippen molar-refractivity contribution in [2.75, 3.05) is 13.2 Å². The Hall–Kier alpha value is -2.57. The summed E-state index contributed by atoms with van der Waals surface area (Å²) < 4.78 is 15.0. The molecule has 0 bridgehead atoms. The van der Waals surface area contributed by atoms with Crippen LogP contribution >= 0.6 is 0 Å². The van der Waals surface area contributed by atoms with Gasteiger partial charge >= 0.3 is 18.2 Å². The molecule has 0 N–H and O–H groups in total. The largest absolute Gasteiger partial charge is 0.465 e. The molecule has 0 heterocycles. The quantitative estimate of drug-likeness (QED) is 0.606. The molecule has 0 aliphatic rings. The van der Waals surface area contributed by atoms with Gasteiger partial charge in [-0.3, -0.25) is 4.79 Å². The van der Waals surface area contributed by atoms with Crippen molar-refractivity contribution in [2.24, 2.45) is 0 Å². The number of carbonyl (C=O) groups is 3. The maximum atomic E-state index is 12.2. The van der Waals surface area contributed by atoms with Crippen LogP contribution in [0.5, 0.6) is 0 Å². The van der Waals surface area contributed by atoms with E-state index in [2.05, 4.69) is 0 Å². The van der Waals surface area contributed by atoms with Crippen molar-refractivity contribution in [3.63, 3.8) is 0 Å². The first kappa shape index (κ1) is 19.5. The third kappa shape index (κ3) is 7.13. The number of carbonyl (C=O) groups excluding carboxylic acids is 3. The number of ether oxygens (including phenoxy) is 3. The fourth-order valence-electron chi connectivity index (χ4n) is 1.65. The van der Waals surface area contributed by atoms with Gasteiger partial charge in [-0.2, -0.15) is 0 Å². The summed E-state index contributed by atoms with van der Waals surface area (Å²) in [6, 6.07) is 8.98. The first-order valence-corrected chi connectivity index (χ1v) is 7.59. The number of hydrogen-bond acceptors (Lipinski definition) is 6. The fourth-order valence-corrected chi connectivity index (χ4v) is 1.65. The molecule has 0 saturated carbocycles. The van der Waals surface area contributed by atoms with Gasteiger partial charge in [0.2, 0.25) is 0 Å². The Labute approximate surface area is 141 Å². The molecule has 0 aliphatic carbocycles. The topological polar surface area (TPSA) is 82.1 Å². The predicted molar refractivity (Wildman–Crippen MR) is 86.2 cm³/mol. The van der Waals surface area contributed by atoms with Gasteiger partial charge in [-0.15, -0.1) is 0 Å². The molecule has 0 spiro atoms. The van der Waals surface area contributed by atoms with Crippen LogP contribution in [-0.2, 0) is 25.6 Å². The molecular formula is C17H23NO6. The molecule has 0 unspecified atom stereocenters. The Morgan fingerprint density at radius 3 is 2.17 bits per heavy atom.